The summed E-state index contributed by atoms with van der Waals surface area (Å²) in [6.45, 7) is 10.2. The molecule has 4 aliphatic carbocycles. The van der Waals surface area contributed by atoms with Crippen LogP contribution in [-0.2, 0) is 4.79 Å². The Balaban J connectivity index is 1.08. The molecule has 2 heterocycles. The number of piperazine rings is 1. The van der Waals surface area contributed by atoms with Gasteiger partial charge in [0, 0.05) is 50.7 Å². The summed E-state index contributed by atoms with van der Waals surface area (Å²) in [6.07, 6.45) is 10.4. The number of carbonyl (C=O) groups is 1. The SMILES string of the molecule is C[C@H](CCC(=O)N1CCN(c2ccncc2)CC1)C1CC[C@H]2[C@@H]3[C@H](O)C[C@@H]4C[C@H](O)CC[C@]4(C)[C@H]3C[C@H](O)[C@]12C. The average molecular weight is 554 g/mol. The number of anilines is 1. The first-order chi connectivity index (χ1) is 19.1. The Morgan fingerprint density at radius 3 is 2.45 bits per heavy atom. The fourth-order valence-electron chi connectivity index (χ4n) is 10.6. The minimum Gasteiger partial charge on any atom is -0.393 e. The summed E-state index contributed by atoms with van der Waals surface area (Å²) < 4.78 is 0. The number of rotatable bonds is 5. The highest BCUT2D eigenvalue weighted by molar-refractivity contribution is 5.76. The van der Waals surface area contributed by atoms with Gasteiger partial charge in [0.05, 0.1) is 18.3 Å². The van der Waals surface area contributed by atoms with Crippen LogP contribution in [0.4, 0.5) is 5.69 Å². The largest absolute Gasteiger partial charge is 0.393 e. The molecule has 4 saturated carbocycles. The van der Waals surface area contributed by atoms with E-state index in [0.29, 0.717) is 36.0 Å². The summed E-state index contributed by atoms with van der Waals surface area (Å²) in [7, 11) is 0. The normalized spacial score (nSPS) is 44.0. The zero-order valence-corrected chi connectivity index (χ0v) is 24.8. The molecule has 0 aromatic carbocycles. The number of nitrogens with zero attached hydrogens (tertiary/aromatic N) is 3. The number of aliphatic hydroxyl groups excluding tert-OH is 3. The maximum atomic E-state index is 13.2. The van der Waals surface area contributed by atoms with Gasteiger partial charge in [0.25, 0.3) is 0 Å². The van der Waals surface area contributed by atoms with E-state index >= 15 is 0 Å². The van der Waals surface area contributed by atoms with Gasteiger partial charge in [0.1, 0.15) is 0 Å². The van der Waals surface area contributed by atoms with Gasteiger partial charge in [-0.05, 0) is 110 Å². The molecule has 0 spiro atoms. The number of hydrogen-bond donors (Lipinski definition) is 3. The first-order valence-corrected chi connectivity index (χ1v) is 16.1. The van der Waals surface area contributed by atoms with E-state index in [1.54, 1.807) is 0 Å². The van der Waals surface area contributed by atoms with Crippen molar-refractivity contribution >= 4 is 11.6 Å². The number of aromatic nitrogens is 1. The molecule has 7 heteroatoms. The van der Waals surface area contributed by atoms with Gasteiger partial charge in [0.15, 0.2) is 0 Å². The molecule has 11 atom stereocenters. The third kappa shape index (κ3) is 4.68. The Labute approximate surface area is 240 Å². The van der Waals surface area contributed by atoms with Crippen LogP contribution in [0.15, 0.2) is 24.5 Å². The van der Waals surface area contributed by atoms with Crippen molar-refractivity contribution in [1.29, 1.82) is 0 Å². The van der Waals surface area contributed by atoms with Crippen LogP contribution in [0.3, 0.4) is 0 Å². The van der Waals surface area contributed by atoms with Crippen molar-refractivity contribution in [2.75, 3.05) is 31.1 Å². The molecule has 7 nitrogen and oxygen atoms in total. The van der Waals surface area contributed by atoms with Crippen molar-refractivity contribution in [3.63, 3.8) is 0 Å². The molecule has 1 aromatic rings. The van der Waals surface area contributed by atoms with Crippen LogP contribution in [0, 0.1) is 46.3 Å². The maximum absolute atomic E-state index is 13.2. The molecule has 0 radical (unpaired) electrons. The van der Waals surface area contributed by atoms with Gasteiger partial charge in [-0.15, -0.1) is 0 Å². The molecule has 1 aromatic heterocycles. The molecule has 1 saturated heterocycles. The first kappa shape index (κ1) is 28.4. The van der Waals surface area contributed by atoms with Crippen molar-refractivity contribution < 1.29 is 20.1 Å². The summed E-state index contributed by atoms with van der Waals surface area (Å²) in [5.41, 5.74) is 1.06. The summed E-state index contributed by atoms with van der Waals surface area (Å²) in [6, 6.07) is 4.06. The van der Waals surface area contributed by atoms with Crippen LogP contribution in [0.25, 0.3) is 0 Å². The molecule has 5 fully saturated rings. The number of carbonyl (C=O) groups excluding carboxylic acids is 1. The average Bonchev–Trinajstić information content (AvgIpc) is 3.32. The summed E-state index contributed by atoms with van der Waals surface area (Å²) in [5, 5.41) is 33.7. The number of aliphatic hydroxyl groups is 3. The monoisotopic (exact) mass is 553 g/mol. The number of pyridine rings is 1. The highest BCUT2D eigenvalue weighted by Gasteiger charge is 2.65. The smallest absolute Gasteiger partial charge is 0.222 e. The van der Waals surface area contributed by atoms with Gasteiger partial charge < -0.3 is 25.1 Å². The summed E-state index contributed by atoms with van der Waals surface area (Å²) >= 11 is 0. The van der Waals surface area contributed by atoms with Crippen LogP contribution >= 0.6 is 0 Å². The van der Waals surface area contributed by atoms with E-state index in [2.05, 4.69) is 30.7 Å². The predicted molar refractivity (Wildman–Crippen MR) is 155 cm³/mol. The van der Waals surface area contributed by atoms with E-state index < -0.39 is 0 Å². The Kier molecular flexibility index (Phi) is 7.71. The quantitative estimate of drug-likeness (QED) is 0.508. The lowest BCUT2D eigenvalue weighted by atomic mass is 9.43. The fraction of sp³-hybridized carbons (Fsp3) is 0.818. The van der Waals surface area contributed by atoms with Gasteiger partial charge >= 0.3 is 0 Å². The van der Waals surface area contributed by atoms with Gasteiger partial charge in [-0.1, -0.05) is 20.8 Å². The molecule has 1 amide bonds. The lowest BCUT2D eigenvalue weighted by Crippen LogP contribution is -2.62. The second kappa shape index (κ2) is 10.9. The van der Waals surface area contributed by atoms with E-state index in [4.69, 9.17) is 0 Å². The Morgan fingerprint density at radius 1 is 1.00 bits per heavy atom. The number of fused-ring (bicyclic) bond motifs is 5. The van der Waals surface area contributed by atoms with E-state index in [1.807, 2.05) is 29.4 Å². The van der Waals surface area contributed by atoms with E-state index in [0.717, 1.165) is 77.5 Å². The zero-order valence-electron chi connectivity index (χ0n) is 24.8. The Bertz CT molecular complexity index is 1050. The minimum absolute atomic E-state index is 0.100. The molecular weight excluding hydrogens is 502 g/mol. The lowest BCUT2D eigenvalue weighted by Gasteiger charge is -2.63. The fourth-order valence-corrected chi connectivity index (χ4v) is 10.6. The van der Waals surface area contributed by atoms with E-state index in [1.165, 1.54) is 5.69 Å². The lowest BCUT2D eigenvalue weighted by molar-refractivity contribution is -0.207. The molecule has 40 heavy (non-hydrogen) atoms. The molecule has 1 aliphatic heterocycles. The molecule has 1 unspecified atom stereocenters. The summed E-state index contributed by atoms with van der Waals surface area (Å²) in [4.78, 5) is 21.7. The van der Waals surface area contributed by atoms with E-state index in [9.17, 15) is 20.1 Å². The predicted octanol–water partition coefficient (Wildman–Crippen LogP) is 4.11. The Morgan fingerprint density at radius 2 is 1.73 bits per heavy atom. The van der Waals surface area contributed by atoms with Crippen LogP contribution in [-0.4, -0.2) is 75.6 Å². The molecule has 0 bridgehead atoms. The summed E-state index contributed by atoms with van der Waals surface area (Å²) in [5.74, 6) is 2.21. The molecule has 222 valence electrons. The molecule has 6 rings (SSSR count). The molecule has 3 N–H and O–H groups in total. The van der Waals surface area contributed by atoms with Crippen molar-refractivity contribution in [3.8, 4) is 0 Å². The van der Waals surface area contributed by atoms with Gasteiger partial charge in [-0.25, -0.2) is 0 Å². The van der Waals surface area contributed by atoms with Gasteiger partial charge in [-0.3, -0.25) is 9.78 Å². The van der Waals surface area contributed by atoms with Crippen molar-refractivity contribution in [2.24, 2.45) is 46.3 Å². The minimum atomic E-state index is -0.375. The maximum Gasteiger partial charge on any atom is 0.222 e. The van der Waals surface area contributed by atoms with Crippen LogP contribution < -0.4 is 4.90 Å². The topological polar surface area (TPSA) is 97.1 Å². The second-order valence-corrected chi connectivity index (χ2v) is 14.6. The second-order valence-electron chi connectivity index (χ2n) is 14.6. The van der Waals surface area contributed by atoms with Crippen LogP contribution in [0.1, 0.15) is 78.6 Å². The highest BCUT2D eigenvalue weighted by Crippen LogP contribution is 2.68. The molecular formula is C33H51N3O4. The van der Waals surface area contributed by atoms with Crippen molar-refractivity contribution in [1.82, 2.24) is 9.88 Å². The molecule has 5 aliphatic rings. The van der Waals surface area contributed by atoms with Crippen LogP contribution in [0.5, 0.6) is 0 Å². The third-order valence-corrected chi connectivity index (χ3v) is 13.0. The Hall–Kier alpha value is -1.70. The number of amides is 1. The third-order valence-electron chi connectivity index (χ3n) is 13.0. The zero-order chi connectivity index (χ0) is 28.2. The van der Waals surface area contributed by atoms with Crippen LogP contribution in [0.2, 0.25) is 0 Å². The first-order valence-electron chi connectivity index (χ1n) is 16.1. The van der Waals surface area contributed by atoms with Crippen molar-refractivity contribution in [3.05, 3.63) is 24.5 Å². The van der Waals surface area contributed by atoms with E-state index in [-0.39, 0.29) is 41.0 Å². The van der Waals surface area contributed by atoms with Gasteiger partial charge in [0.2, 0.25) is 5.91 Å². The van der Waals surface area contributed by atoms with Gasteiger partial charge in [-0.2, -0.15) is 0 Å². The standard InChI is InChI=1S/C33H51N3O4/c1-21(4-7-30(40)36-16-14-35(15-17-36)23-9-12-34-13-10-23)25-5-6-26-31-27(20-29(39)33(25,26)3)32(2)11-8-24(37)18-22(32)19-28(31)38/h9-10,12-13,21-22,24-29,31,37-39H,4-8,11,14-20H2,1-3H3/t21-,22+,24-,25?,26+,27+,28-,29+,31+,32+,33-/m1/s1. The highest BCUT2D eigenvalue weighted by atomic mass is 16.3. The van der Waals surface area contributed by atoms with Crippen molar-refractivity contribution in [2.45, 2.75) is 96.9 Å². The number of hydrogen-bond acceptors (Lipinski definition) is 6.